The second-order valence-electron chi connectivity index (χ2n) is 37.1. The highest BCUT2D eigenvalue weighted by Crippen LogP contribution is 2.43. The van der Waals surface area contributed by atoms with Crippen LogP contribution in [0.5, 0.6) is 0 Å². The van der Waals surface area contributed by atoms with E-state index < -0.39 is 0 Å². The van der Waals surface area contributed by atoms with Crippen LogP contribution < -0.4 is 0 Å². The molecule has 22 aromatic rings. The molecule has 0 N–H and O–H groups in total. The van der Waals surface area contributed by atoms with Crippen molar-refractivity contribution in [3.05, 3.63) is 528 Å². The Balaban J connectivity index is 0.000000117. The minimum Gasteiger partial charge on any atom is -0.265 e. The molecular weight excluding hydrogens is 1670 g/mol. The summed E-state index contributed by atoms with van der Waals surface area (Å²) in [5, 5.41) is 15.4. The minimum atomic E-state index is 0.434. The Morgan fingerprint density at radius 1 is 0.152 bits per heavy atom. The Bertz CT molecular complexity index is 6950. The van der Waals surface area contributed by atoms with Crippen molar-refractivity contribution in [2.45, 2.75) is 144 Å². The van der Waals surface area contributed by atoms with Crippen LogP contribution in [0, 0.1) is 41.5 Å². The SMILES string of the molecule is C[C@@H](c1ccc2ccccc2c1)[C@@H](C)c1ccc2ccccc2c1.C[C@@H](c1ccc2ncccc2c1)[C@@H](C)c1ccc2ncccc2c1.C[C@H](c1ccccc1)[C@H](C)c1ccccc1.C[C@H](c1ccncc1)[C@H](C)c1ccncc1.Cc1ccc2ccccc2c1-c1c(C)ccc2ccccc12.Cc1ccc2ncccc2c1-c1c(C)ccc2ncccc12.Cc1ccccc1-c1ccccc1C. The Kier molecular flexibility index (Phi) is 31.7. The van der Waals surface area contributed by atoms with Crippen LogP contribution in [-0.2, 0) is 0 Å². The molecule has 8 atom stereocenters. The van der Waals surface area contributed by atoms with Crippen LogP contribution >= 0.6 is 0 Å². The van der Waals surface area contributed by atoms with Crippen LogP contribution in [0.2, 0.25) is 0 Å². The van der Waals surface area contributed by atoms with Crippen molar-refractivity contribution in [3.63, 3.8) is 0 Å². The maximum atomic E-state index is 4.50. The average molecular weight is 1790 g/mol. The lowest BCUT2D eigenvalue weighted by atomic mass is 9.83. The molecule has 0 aliphatic rings. The molecule has 0 saturated heterocycles. The Hall–Kier alpha value is -15.5. The molecule has 6 nitrogen and oxygen atoms in total. The van der Waals surface area contributed by atoms with E-state index in [0.717, 1.165) is 22.1 Å². The number of aryl methyl sites for hydroxylation is 6. The van der Waals surface area contributed by atoms with Gasteiger partial charge in [0.2, 0.25) is 0 Å². The number of benzene rings is 16. The topological polar surface area (TPSA) is 77.3 Å². The van der Waals surface area contributed by atoms with Crippen LogP contribution in [0.25, 0.3) is 120 Å². The van der Waals surface area contributed by atoms with E-state index in [4.69, 9.17) is 0 Å². The van der Waals surface area contributed by atoms with Crippen molar-refractivity contribution < 1.29 is 0 Å². The number of rotatable bonds is 15. The van der Waals surface area contributed by atoms with Gasteiger partial charge in [-0.3, -0.25) is 29.9 Å². The monoisotopic (exact) mass is 1790 g/mol. The molecule has 0 amide bonds. The van der Waals surface area contributed by atoms with Crippen molar-refractivity contribution in [2.24, 2.45) is 0 Å². The van der Waals surface area contributed by atoms with E-state index in [0.29, 0.717) is 47.3 Å². The zero-order valence-electron chi connectivity index (χ0n) is 82.0. The molecule has 0 aliphatic heterocycles. The molecule has 0 unspecified atom stereocenters. The lowest BCUT2D eigenvalue weighted by Gasteiger charge is -2.22. The summed E-state index contributed by atoms with van der Waals surface area (Å²) in [6.07, 6.45) is 14.8. The van der Waals surface area contributed by atoms with Gasteiger partial charge in [0.05, 0.1) is 22.1 Å². The Labute approximate surface area is 816 Å². The maximum absolute atomic E-state index is 4.50. The summed E-state index contributed by atoms with van der Waals surface area (Å²) in [6, 6.07) is 142. The molecule has 0 radical (unpaired) electrons. The molecule has 0 bridgehead atoms. The number of fused-ring (bicyclic) bond motifs is 8. The summed E-state index contributed by atoms with van der Waals surface area (Å²) in [5.41, 5.74) is 31.0. The van der Waals surface area contributed by atoms with Gasteiger partial charge in [-0.2, -0.15) is 0 Å². The van der Waals surface area contributed by atoms with Gasteiger partial charge in [-0.05, 0) is 328 Å². The van der Waals surface area contributed by atoms with Gasteiger partial charge < -0.3 is 0 Å². The van der Waals surface area contributed by atoms with Crippen LogP contribution in [-0.4, -0.2) is 29.9 Å². The Morgan fingerprint density at radius 3 is 0.754 bits per heavy atom. The van der Waals surface area contributed by atoms with E-state index in [1.54, 1.807) is 0 Å². The fraction of sp³-hybridized carbons (Fsp3) is 0.167. The summed E-state index contributed by atoms with van der Waals surface area (Å²) in [4.78, 5) is 25.9. The second kappa shape index (κ2) is 45.7. The molecule has 6 heteroatoms. The van der Waals surface area contributed by atoms with Crippen molar-refractivity contribution in [3.8, 4) is 33.4 Å². The van der Waals surface area contributed by atoms with Gasteiger partial charge >= 0.3 is 0 Å². The van der Waals surface area contributed by atoms with E-state index in [-0.39, 0.29) is 0 Å². The lowest BCUT2D eigenvalue weighted by Crippen LogP contribution is -2.05. The Morgan fingerprint density at radius 2 is 0.391 bits per heavy atom. The predicted molar refractivity (Wildman–Crippen MR) is 590 cm³/mol. The molecule has 22 rings (SSSR count). The summed E-state index contributed by atoms with van der Waals surface area (Å²) in [7, 11) is 0. The molecule has 138 heavy (non-hydrogen) atoms. The molecule has 0 aliphatic carbocycles. The first-order chi connectivity index (χ1) is 67.3. The highest BCUT2D eigenvalue weighted by Gasteiger charge is 2.23. The normalized spacial score (nSPS) is 12.8. The third-order valence-corrected chi connectivity index (χ3v) is 28.4. The van der Waals surface area contributed by atoms with Gasteiger partial charge in [0.25, 0.3) is 0 Å². The number of aromatic nitrogens is 6. The van der Waals surface area contributed by atoms with E-state index >= 15 is 0 Å². The maximum Gasteiger partial charge on any atom is 0.0708 e. The van der Waals surface area contributed by atoms with Crippen molar-refractivity contribution >= 4 is 86.7 Å². The molecule has 16 aromatic carbocycles. The second-order valence-corrected chi connectivity index (χ2v) is 37.1. The van der Waals surface area contributed by atoms with Crippen molar-refractivity contribution in [2.75, 3.05) is 0 Å². The smallest absolute Gasteiger partial charge is 0.0708 e. The molecule has 0 fully saturated rings. The first-order valence-corrected chi connectivity index (χ1v) is 48.7. The van der Waals surface area contributed by atoms with Gasteiger partial charge in [-0.15, -0.1) is 0 Å². The van der Waals surface area contributed by atoms with Gasteiger partial charge in [-0.1, -0.05) is 371 Å². The van der Waals surface area contributed by atoms with Crippen LogP contribution in [0.4, 0.5) is 0 Å². The van der Waals surface area contributed by atoms with E-state index in [9.17, 15) is 0 Å². The lowest BCUT2D eigenvalue weighted by molar-refractivity contribution is 0.622. The zero-order valence-corrected chi connectivity index (χ0v) is 82.0. The van der Waals surface area contributed by atoms with Gasteiger partial charge in [0, 0.05) is 71.1 Å². The number of hydrogen-bond acceptors (Lipinski definition) is 6. The number of pyridine rings is 6. The number of hydrogen-bond donors (Lipinski definition) is 0. The van der Waals surface area contributed by atoms with Crippen LogP contribution in [0.15, 0.2) is 450 Å². The zero-order chi connectivity index (χ0) is 96.0. The first-order valence-electron chi connectivity index (χ1n) is 48.7. The molecule has 6 heterocycles. The van der Waals surface area contributed by atoms with Gasteiger partial charge in [0.1, 0.15) is 0 Å². The molecule has 0 saturated carbocycles. The largest absolute Gasteiger partial charge is 0.265 e. The van der Waals surface area contributed by atoms with E-state index in [1.807, 2.05) is 73.8 Å². The third-order valence-electron chi connectivity index (χ3n) is 28.4. The summed E-state index contributed by atoms with van der Waals surface area (Å²) in [6.45, 7) is 31.4. The van der Waals surface area contributed by atoms with E-state index in [1.165, 1.54) is 176 Å². The average Bonchev–Trinajstić information content (AvgIpc) is 0.759. The van der Waals surface area contributed by atoms with Gasteiger partial charge in [0.15, 0.2) is 0 Å². The highest BCUT2D eigenvalue weighted by molar-refractivity contribution is 6.09. The van der Waals surface area contributed by atoms with Gasteiger partial charge in [-0.25, -0.2) is 0 Å². The summed E-state index contributed by atoms with van der Waals surface area (Å²) >= 11 is 0. The van der Waals surface area contributed by atoms with Crippen LogP contribution in [0.1, 0.15) is 181 Å². The van der Waals surface area contributed by atoms with Crippen molar-refractivity contribution in [1.82, 2.24) is 29.9 Å². The summed E-state index contributed by atoms with van der Waals surface area (Å²) < 4.78 is 0. The first kappa shape index (κ1) is 95.6. The number of nitrogens with zero attached hydrogens (tertiary/aromatic N) is 6. The molecule has 0 spiro atoms. The standard InChI is InChI=1S/C24H22.C22H20N2.C22H18.C20H16N2.C16H18.C14H16N2.C14H14/c1-17(21-13-11-19-7-3-5-9-23(19)15-21)18(2)22-14-12-20-8-4-6-10-24(20)16-22;1-15(17-7-9-21-19(13-17)5-3-11-23-21)16(2)18-8-10-22-20(14-18)6-4-12-24-22;1-15-11-13-17-7-3-5-9-19(17)21(15)22-16(2)12-14-18-8-4-6-10-20(18)22;1-13-7-9-17-15(5-3-11-21-17)19(13)20-14(2)8-10-18-16(20)6-4-12-22-18;1-13(15-9-5-3-6-10-15)14(2)16-11-7-4-8-12-16;1-11(13-3-7-15-8-4-13)12(2)14-5-9-16-10-6-14;1-11-7-3-5-9-13(11)14-10-6-4-8-12(14)2/h3-18H,1-2H3;3-16H,1-2H3;3-14H,1-2H3;3-12H,1-2H3;3-14H,1-2H3;3-12H,1-2H3;3-10H,1-2H3/t17-,18-;15-,16-;;;13-,14-;11-,12-;/m11..00./s1. The van der Waals surface area contributed by atoms with Crippen molar-refractivity contribution in [1.29, 1.82) is 0 Å². The molecule has 6 aromatic heterocycles. The quantitative estimate of drug-likeness (QED) is 0.102. The highest BCUT2D eigenvalue weighted by atomic mass is 14.7. The van der Waals surface area contributed by atoms with Crippen LogP contribution in [0.3, 0.4) is 0 Å². The fourth-order valence-electron chi connectivity index (χ4n) is 19.3. The third kappa shape index (κ3) is 22.8. The summed E-state index contributed by atoms with van der Waals surface area (Å²) in [5.74, 6) is 3.93. The minimum absolute atomic E-state index is 0.434. The molecular formula is C132H124N6. The fourth-order valence-corrected chi connectivity index (χ4v) is 19.3. The molecule has 682 valence electrons. The van der Waals surface area contributed by atoms with E-state index in [2.05, 4.69) is 503 Å². The predicted octanol–water partition coefficient (Wildman–Crippen LogP) is 35.9.